The van der Waals surface area contributed by atoms with Gasteiger partial charge in [0.15, 0.2) is 0 Å². The van der Waals surface area contributed by atoms with Gasteiger partial charge in [-0.1, -0.05) is 30.3 Å². The number of aryl methyl sites for hydroxylation is 1. The molecule has 1 heterocycles. The fourth-order valence-electron chi connectivity index (χ4n) is 2.78. The molecule has 0 saturated carbocycles. The van der Waals surface area contributed by atoms with E-state index in [0.717, 1.165) is 0 Å². The molecule has 1 unspecified atom stereocenters. The molecule has 3 aromatic rings. The van der Waals surface area contributed by atoms with E-state index in [1.807, 2.05) is 0 Å². The monoisotopic (exact) mass is 296 g/mol. The van der Waals surface area contributed by atoms with Gasteiger partial charge in [-0.25, -0.2) is 0 Å². The van der Waals surface area contributed by atoms with E-state index < -0.39 is 0 Å². The van der Waals surface area contributed by atoms with E-state index in [1.54, 1.807) is 11.3 Å². The third-order valence-corrected chi connectivity index (χ3v) is 4.95. The molecule has 0 aliphatic rings. The summed E-state index contributed by atoms with van der Waals surface area (Å²) in [6, 6.07) is 17.3. The molecular formula is C18H20N2S. The zero-order chi connectivity index (χ0) is 14.8. The first-order valence-electron chi connectivity index (χ1n) is 7.16. The molecular weight excluding hydrogens is 276 g/mol. The van der Waals surface area contributed by atoms with Crippen LogP contribution in [-0.2, 0) is 0 Å². The van der Waals surface area contributed by atoms with Crippen LogP contribution in [0, 0.1) is 6.92 Å². The van der Waals surface area contributed by atoms with Crippen LogP contribution in [0.5, 0.6) is 0 Å². The van der Waals surface area contributed by atoms with Gasteiger partial charge in [-0.3, -0.25) is 0 Å². The minimum atomic E-state index is 0.197. The van der Waals surface area contributed by atoms with Crippen molar-refractivity contribution in [3.05, 3.63) is 65.0 Å². The Bertz CT molecular complexity index is 748. The number of nitrogens with two attached hydrogens (primary N) is 1. The third-order valence-electron chi connectivity index (χ3n) is 3.97. The molecule has 2 N–H and O–H groups in total. The minimum absolute atomic E-state index is 0.197. The van der Waals surface area contributed by atoms with Crippen LogP contribution in [0.1, 0.15) is 17.2 Å². The van der Waals surface area contributed by atoms with Gasteiger partial charge in [-0.15, -0.1) is 11.3 Å². The van der Waals surface area contributed by atoms with Gasteiger partial charge in [-0.05, 0) is 47.0 Å². The number of fused-ring (bicyclic) bond motifs is 1. The van der Waals surface area contributed by atoms with Crippen molar-refractivity contribution in [3.8, 4) is 0 Å². The molecule has 1 aromatic heterocycles. The molecule has 108 valence electrons. The molecule has 0 fully saturated rings. The van der Waals surface area contributed by atoms with Crippen molar-refractivity contribution < 1.29 is 0 Å². The molecule has 0 radical (unpaired) electrons. The zero-order valence-electron chi connectivity index (χ0n) is 12.4. The second-order valence-electron chi connectivity index (χ2n) is 5.39. The van der Waals surface area contributed by atoms with Crippen molar-refractivity contribution in [2.24, 2.45) is 5.73 Å². The Hall–Kier alpha value is -1.84. The van der Waals surface area contributed by atoms with Crippen LogP contribution in [0.2, 0.25) is 0 Å². The number of thiophene rings is 1. The van der Waals surface area contributed by atoms with E-state index in [0.29, 0.717) is 6.54 Å². The Morgan fingerprint density at radius 2 is 1.95 bits per heavy atom. The van der Waals surface area contributed by atoms with Crippen molar-refractivity contribution in [2.45, 2.75) is 13.0 Å². The van der Waals surface area contributed by atoms with Crippen molar-refractivity contribution in [2.75, 3.05) is 18.5 Å². The summed E-state index contributed by atoms with van der Waals surface area (Å²) in [5.74, 6) is 0. The van der Waals surface area contributed by atoms with E-state index in [2.05, 4.69) is 72.8 Å². The van der Waals surface area contributed by atoms with Gasteiger partial charge in [0.25, 0.3) is 0 Å². The fourth-order valence-corrected chi connectivity index (χ4v) is 3.79. The second kappa shape index (κ2) is 5.88. The average Bonchev–Trinajstić information content (AvgIpc) is 2.92. The first-order chi connectivity index (χ1) is 10.2. The molecule has 1 atom stereocenters. The van der Waals surface area contributed by atoms with Gasteiger partial charge < -0.3 is 10.6 Å². The quantitative estimate of drug-likeness (QED) is 0.775. The molecule has 0 spiro atoms. The molecule has 0 aliphatic carbocycles. The van der Waals surface area contributed by atoms with Crippen LogP contribution < -0.4 is 10.6 Å². The van der Waals surface area contributed by atoms with Gasteiger partial charge in [0.2, 0.25) is 0 Å². The lowest BCUT2D eigenvalue weighted by molar-refractivity contribution is 0.687. The third kappa shape index (κ3) is 2.67. The molecule has 2 aromatic carbocycles. The largest absolute Gasteiger partial charge is 0.366 e. The molecule has 0 bridgehead atoms. The van der Waals surface area contributed by atoms with Crippen molar-refractivity contribution in [3.63, 3.8) is 0 Å². The van der Waals surface area contributed by atoms with E-state index in [9.17, 15) is 0 Å². The van der Waals surface area contributed by atoms with Crippen molar-refractivity contribution in [1.82, 2.24) is 0 Å². The van der Waals surface area contributed by atoms with Crippen LogP contribution in [0.3, 0.4) is 0 Å². The first kappa shape index (κ1) is 14.1. The lowest BCUT2D eigenvalue weighted by Gasteiger charge is -2.29. The Morgan fingerprint density at radius 1 is 1.14 bits per heavy atom. The zero-order valence-corrected chi connectivity index (χ0v) is 13.2. The summed E-state index contributed by atoms with van der Waals surface area (Å²) in [7, 11) is 2.12. The van der Waals surface area contributed by atoms with Gasteiger partial charge >= 0.3 is 0 Å². The number of nitrogens with zero attached hydrogens (tertiary/aromatic N) is 1. The summed E-state index contributed by atoms with van der Waals surface area (Å²) in [6.07, 6.45) is 0. The summed E-state index contributed by atoms with van der Waals surface area (Å²) in [4.78, 5) is 2.28. The summed E-state index contributed by atoms with van der Waals surface area (Å²) < 4.78 is 1.32. The van der Waals surface area contributed by atoms with Crippen LogP contribution in [-0.4, -0.2) is 13.6 Å². The molecule has 0 saturated heterocycles. The molecule has 3 heteroatoms. The summed E-state index contributed by atoms with van der Waals surface area (Å²) >= 11 is 1.79. The number of likely N-dealkylation sites (N-methyl/N-ethyl adjacent to an activating group) is 1. The highest BCUT2D eigenvalue weighted by Crippen LogP contribution is 2.34. The number of hydrogen-bond donors (Lipinski definition) is 1. The maximum absolute atomic E-state index is 6.09. The predicted octanol–water partition coefficient (Wildman–Crippen LogP) is 4.35. The Balaban J connectivity index is 2.01. The smallest absolute Gasteiger partial charge is 0.0675 e. The topological polar surface area (TPSA) is 29.3 Å². The van der Waals surface area contributed by atoms with E-state index >= 15 is 0 Å². The maximum atomic E-state index is 6.09. The van der Waals surface area contributed by atoms with Gasteiger partial charge in [0, 0.05) is 24.0 Å². The van der Waals surface area contributed by atoms with Crippen LogP contribution in [0.15, 0.2) is 53.9 Å². The molecule has 0 amide bonds. The van der Waals surface area contributed by atoms with Crippen LogP contribution >= 0.6 is 11.3 Å². The number of benzene rings is 2. The van der Waals surface area contributed by atoms with Crippen molar-refractivity contribution in [1.29, 1.82) is 0 Å². The standard InChI is InChI=1S/C18H20N2S/c1-13-6-5-7-14(10-13)20(2)17(11-19)16-12-21-18-9-4-3-8-15(16)18/h3-10,12,17H,11,19H2,1-2H3. The summed E-state index contributed by atoms with van der Waals surface area (Å²) in [6.45, 7) is 2.72. The predicted molar refractivity (Wildman–Crippen MR) is 93.2 cm³/mol. The summed E-state index contributed by atoms with van der Waals surface area (Å²) in [5.41, 5.74) is 9.89. The highest BCUT2D eigenvalue weighted by molar-refractivity contribution is 7.17. The van der Waals surface area contributed by atoms with Gasteiger partial charge in [0.05, 0.1) is 6.04 Å². The van der Waals surface area contributed by atoms with Crippen LogP contribution in [0.25, 0.3) is 10.1 Å². The lowest BCUT2D eigenvalue weighted by Crippen LogP contribution is -2.30. The number of anilines is 1. The fraction of sp³-hybridized carbons (Fsp3) is 0.222. The van der Waals surface area contributed by atoms with E-state index in [1.165, 1.54) is 26.9 Å². The van der Waals surface area contributed by atoms with E-state index in [-0.39, 0.29) is 6.04 Å². The maximum Gasteiger partial charge on any atom is 0.0675 e. The van der Waals surface area contributed by atoms with Gasteiger partial charge in [0.1, 0.15) is 0 Å². The highest BCUT2D eigenvalue weighted by atomic mass is 32.1. The minimum Gasteiger partial charge on any atom is -0.366 e. The number of rotatable bonds is 4. The van der Waals surface area contributed by atoms with Crippen molar-refractivity contribution >= 4 is 27.1 Å². The van der Waals surface area contributed by atoms with Gasteiger partial charge in [-0.2, -0.15) is 0 Å². The Morgan fingerprint density at radius 3 is 2.71 bits per heavy atom. The first-order valence-corrected chi connectivity index (χ1v) is 8.04. The SMILES string of the molecule is Cc1cccc(N(C)C(CN)c2csc3ccccc23)c1. The summed E-state index contributed by atoms with van der Waals surface area (Å²) in [5, 5.41) is 3.56. The van der Waals surface area contributed by atoms with E-state index in [4.69, 9.17) is 5.73 Å². The lowest BCUT2D eigenvalue weighted by atomic mass is 10.0. The number of hydrogen-bond acceptors (Lipinski definition) is 3. The van der Waals surface area contributed by atoms with Crippen LogP contribution in [0.4, 0.5) is 5.69 Å². The molecule has 2 nitrogen and oxygen atoms in total. The molecule has 0 aliphatic heterocycles. The normalized spacial score (nSPS) is 12.5. The molecule has 3 rings (SSSR count). The molecule has 21 heavy (non-hydrogen) atoms. The average molecular weight is 296 g/mol. The Labute approximate surface area is 129 Å². The highest BCUT2D eigenvalue weighted by Gasteiger charge is 2.19. The Kier molecular flexibility index (Phi) is 3.95. The second-order valence-corrected chi connectivity index (χ2v) is 6.30.